The van der Waals surface area contributed by atoms with E-state index in [2.05, 4.69) is 12.2 Å². The van der Waals surface area contributed by atoms with Gasteiger partial charge in [0.05, 0.1) is 34.2 Å². The van der Waals surface area contributed by atoms with E-state index in [9.17, 15) is 38.4 Å². The molecule has 2 saturated heterocycles. The SMILES string of the molecule is C[C@@]1([C@@H]2[C@H](C=O)[C@@H]3C=C[C@H]2[C@]2(C)c4ccccc4C(=O)N32)c2ccccc2C(=O)N1C=O.C[C@]1([C@H]2[C@@H](C=O)[C@H]3C=C[C@@H]2[C@@]2(C)c4ccccc4C(=O)N32)c2ccccc2C(=O)N1C=O. The number of piperidine rings is 2. The molecule has 14 rings (SSSR count). The number of benzene rings is 4. The van der Waals surface area contributed by atoms with Gasteiger partial charge in [-0.25, -0.2) is 0 Å². The molecule has 6 amide bonds. The lowest BCUT2D eigenvalue weighted by Crippen LogP contribution is -2.69. The first-order valence-corrected chi connectivity index (χ1v) is 21.7. The van der Waals surface area contributed by atoms with E-state index in [1.54, 1.807) is 24.3 Å². The minimum Gasteiger partial charge on any atom is -0.321 e. The number of rotatable bonds is 6. The number of aldehydes is 2. The number of hydrogen-bond acceptors (Lipinski definition) is 8. The molecule has 320 valence electrons. The summed E-state index contributed by atoms with van der Waals surface area (Å²) in [6, 6.07) is 28.8. The molecule has 12 nitrogen and oxygen atoms in total. The Morgan fingerprint density at radius 2 is 0.703 bits per heavy atom. The van der Waals surface area contributed by atoms with Gasteiger partial charge >= 0.3 is 0 Å². The largest absolute Gasteiger partial charge is 0.321 e. The molecule has 4 bridgehead atoms. The van der Waals surface area contributed by atoms with Crippen LogP contribution in [0.15, 0.2) is 121 Å². The maximum absolute atomic E-state index is 13.4. The van der Waals surface area contributed by atoms with E-state index in [1.165, 1.54) is 9.80 Å². The number of fused-ring (bicyclic) bond motifs is 6. The first-order chi connectivity index (χ1) is 30.8. The Labute approximate surface area is 369 Å². The minimum absolute atomic E-state index is 0.0759. The second-order valence-corrected chi connectivity index (χ2v) is 19.0. The number of imide groups is 2. The van der Waals surface area contributed by atoms with E-state index in [0.29, 0.717) is 35.1 Å². The topological polar surface area (TPSA) is 150 Å². The van der Waals surface area contributed by atoms with E-state index >= 15 is 0 Å². The summed E-state index contributed by atoms with van der Waals surface area (Å²) in [5.41, 5.74) is 2.28. The third-order valence-electron chi connectivity index (χ3n) is 16.8. The van der Waals surface area contributed by atoms with Crippen LogP contribution in [0.1, 0.15) is 91.4 Å². The fourth-order valence-electron chi connectivity index (χ4n) is 14.1. The molecule has 4 aromatic rings. The monoisotopic (exact) mass is 852 g/mol. The number of carbonyl (C=O) groups is 8. The van der Waals surface area contributed by atoms with Crippen LogP contribution in [0.2, 0.25) is 0 Å². The van der Waals surface area contributed by atoms with Crippen molar-refractivity contribution in [3.05, 3.63) is 166 Å². The fourth-order valence-corrected chi connectivity index (χ4v) is 14.1. The standard InChI is InChI=1S/2C26H22N2O4/c2*1-25-18-9-5-4-8-16(18)24(32)28(25)21-12-11-20(25)22(17(21)13-29)26(2)19-10-6-3-7-15(19)23(31)27(26)14-30/h2*3-14,17,20-22H,1-2H3/t2*17-,20-,21+,22-,25+,26+/m10/s1. The van der Waals surface area contributed by atoms with E-state index in [1.807, 2.05) is 122 Å². The van der Waals surface area contributed by atoms with E-state index < -0.39 is 46.1 Å². The molecule has 10 aliphatic rings. The Hall–Kier alpha value is -7.08. The van der Waals surface area contributed by atoms with Gasteiger partial charge in [0.15, 0.2) is 0 Å². The molecular formula is C52H44N4O8. The van der Waals surface area contributed by atoms with Gasteiger partial charge in [-0.2, -0.15) is 0 Å². The highest BCUT2D eigenvalue weighted by Crippen LogP contribution is 2.65. The molecule has 0 spiro atoms. The van der Waals surface area contributed by atoms with Crippen molar-refractivity contribution in [2.45, 2.75) is 61.9 Å². The maximum Gasteiger partial charge on any atom is 0.261 e. The number of amides is 6. The molecule has 0 unspecified atom stereocenters. The van der Waals surface area contributed by atoms with Gasteiger partial charge in [-0.05, 0) is 74.2 Å². The van der Waals surface area contributed by atoms with Gasteiger partial charge < -0.3 is 19.4 Å². The molecule has 0 aromatic heterocycles. The first kappa shape index (κ1) is 39.7. The number of carbonyl (C=O) groups excluding carboxylic acids is 8. The summed E-state index contributed by atoms with van der Waals surface area (Å²) in [5, 5.41) is 0. The van der Waals surface area contributed by atoms with Gasteiger partial charge in [-0.3, -0.25) is 38.6 Å². The van der Waals surface area contributed by atoms with Crippen molar-refractivity contribution in [2.24, 2.45) is 35.5 Å². The van der Waals surface area contributed by atoms with Crippen LogP contribution in [-0.2, 0) is 41.3 Å². The fraction of sp³-hybridized carbons (Fsp3) is 0.308. The Morgan fingerprint density at radius 1 is 0.406 bits per heavy atom. The van der Waals surface area contributed by atoms with Crippen LogP contribution in [0.5, 0.6) is 0 Å². The molecular weight excluding hydrogens is 809 g/mol. The quantitative estimate of drug-likeness (QED) is 0.176. The third-order valence-corrected chi connectivity index (χ3v) is 16.8. The van der Waals surface area contributed by atoms with Crippen molar-refractivity contribution in [3.8, 4) is 0 Å². The van der Waals surface area contributed by atoms with Gasteiger partial charge in [-0.15, -0.1) is 0 Å². The van der Waals surface area contributed by atoms with Gasteiger partial charge in [-0.1, -0.05) is 97.1 Å². The van der Waals surface area contributed by atoms with Crippen LogP contribution in [0.3, 0.4) is 0 Å². The van der Waals surface area contributed by atoms with Crippen molar-refractivity contribution in [1.82, 2.24) is 19.6 Å². The van der Waals surface area contributed by atoms with Crippen molar-refractivity contribution in [3.63, 3.8) is 0 Å². The molecule has 0 N–H and O–H groups in total. The summed E-state index contributed by atoms with van der Waals surface area (Å²) in [4.78, 5) is 109. The molecule has 0 saturated carbocycles. The summed E-state index contributed by atoms with van der Waals surface area (Å²) in [5.74, 6) is -3.24. The summed E-state index contributed by atoms with van der Waals surface area (Å²) in [7, 11) is 0. The van der Waals surface area contributed by atoms with Crippen LogP contribution in [-0.4, -0.2) is 80.7 Å². The summed E-state index contributed by atoms with van der Waals surface area (Å²) >= 11 is 0. The molecule has 12 atom stereocenters. The minimum atomic E-state index is -1.01. The van der Waals surface area contributed by atoms with Gasteiger partial charge in [0, 0.05) is 57.8 Å². The van der Waals surface area contributed by atoms with Crippen molar-refractivity contribution in [2.75, 3.05) is 0 Å². The van der Waals surface area contributed by atoms with Crippen LogP contribution >= 0.6 is 0 Å². The molecule has 8 heterocycles. The van der Waals surface area contributed by atoms with Crippen molar-refractivity contribution < 1.29 is 38.4 Å². The van der Waals surface area contributed by atoms with Crippen molar-refractivity contribution >= 4 is 49.0 Å². The lowest BCUT2D eigenvalue weighted by molar-refractivity contribution is -0.141. The predicted octanol–water partition coefficient (Wildman–Crippen LogP) is 5.77. The average Bonchev–Trinajstić information content (AvgIpc) is 3.90. The normalized spacial score (nSPS) is 36.2. The maximum atomic E-state index is 13.4. The smallest absolute Gasteiger partial charge is 0.261 e. The molecule has 8 aliphatic heterocycles. The van der Waals surface area contributed by atoms with Crippen LogP contribution in [0, 0.1) is 35.5 Å². The predicted molar refractivity (Wildman–Crippen MR) is 231 cm³/mol. The Balaban J connectivity index is 0.000000143. The average molecular weight is 853 g/mol. The molecule has 2 fully saturated rings. The zero-order valence-electron chi connectivity index (χ0n) is 35.5. The van der Waals surface area contributed by atoms with E-state index in [4.69, 9.17) is 0 Å². The van der Waals surface area contributed by atoms with E-state index in [-0.39, 0.29) is 47.3 Å². The zero-order valence-corrected chi connectivity index (χ0v) is 35.5. The molecule has 4 aromatic carbocycles. The van der Waals surface area contributed by atoms with Crippen LogP contribution in [0.4, 0.5) is 0 Å². The highest BCUT2D eigenvalue weighted by molar-refractivity contribution is 6.07. The van der Waals surface area contributed by atoms with E-state index in [0.717, 1.165) is 34.8 Å². The molecule has 12 heteroatoms. The lowest BCUT2D eigenvalue weighted by Gasteiger charge is -2.61. The molecule has 2 aliphatic carbocycles. The first-order valence-electron chi connectivity index (χ1n) is 21.7. The highest BCUT2D eigenvalue weighted by Gasteiger charge is 2.70. The highest BCUT2D eigenvalue weighted by atomic mass is 16.2. The third kappa shape index (κ3) is 4.38. The van der Waals surface area contributed by atoms with Gasteiger partial charge in [0.25, 0.3) is 23.6 Å². The van der Waals surface area contributed by atoms with Crippen molar-refractivity contribution in [1.29, 1.82) is 0 Å². The summed E-state index contributed by atoms with van der Waals surface area (Å²) in [6.45, 7) is 7.86. The Bertz CT molecular complexity index is 2700. The lowest BCUT2D eigenvalue weighted by atomic mass is 9.53. The Kier molecular flexibility index (Phi) is 8.21. The Morgan fingerprint density at radius 3 is 1.02 bits per heavy atom. The second-order valence-electron chi connectivity index (χ2n) is 19.0. The van der Waals surface area contributed by atoms with Gasteiger partial charge in [0.2, 0.25) is 12.8 Å². The van der Waals surface area contributed by atoms with Crippen LogP contribution < -0.4 is 0 Å². The second kappa shape index (κ2) is 13.2. The number of hydrogen-bond donors (Lipinski definition) is 0. The zero-order chi connectivity index (χ0) is 44.8. The van der Waals surface area contributed by atoms with Gasteiger partial charge in [0.1, 0.15) is 12.6 Å². The molecule has 64 heavy (non-hydrogen) atoms. The molecule has 0 radical (unpaired) electrons. The summed E-state index contributed by atoms with van der Waals surface area (Å²) in [6.07, 6.45) is 11.0. The summed E-state index contributed by atoms with van der Waals surface area (Å²) < 4.78 is 0. The number of nitrogens with zero attached hydrogens (tertiary/aromatic N) is 4. The van der Waals surface area contributed by atoms with Crippen LogP contribution in [0.25, 0.3) is 0 Å².